The average Bonchev–Trinajstić information content (AvgIpc) is 2.31. The lowest BCUT2D eigenvalue weighted by molar-refractivity contribution is -0.123. The Kier molecular flexibility index (Phi) is 6.09. The van der Waals surface area contributed by atoms with Crippen LogP contribution in [0.25, 0.3) is 0 Å². The van der Waals surface area contributed by atoms with Crippen LogP contribution in [0.4, 0.5) is 0 Å². The van der Waals surface area contributed by atoms with Crippen molar-refractivity contribution in [1.29, 1.82) is 0 Å². The Morgan fingerprint density at radius 1 is 1.44 bits per heavy atom. The SMILES string of the molecule is CCC1CN(CC(=O)NC(C)C(C)C)CCC1N. The third-order valence-corrected chi connectivity index (χ3v) is 4.16. The molecule has 3 unspecified atom stereocenters. The number of amides is 1. The number of likely N-dealkylation sites (tertiary alicyclic amines) is 1. The van der Waals surface area contributed by atoms with Crippen LogP contribution in [0.5, 0.6) is 0 Å². The maximum absolute atomic E-state index is 11.9. The molecule has 1 saturated heterocycles. The van der Waals surface area contributed by atoms with Crippen molar-refractivity contribution in [3.8, 4) is 0 Å². The van der Waals surface area contributed by atoms with Crippen molar-refractivity contribution < 1.29 is 4.79 Å². The highest BCUT2D eigenvalue weighted by molar-refractivity contribution is 5.78. The van der Waals surface area contributed by atoms with Gasteiger partial charge in [0.05, 0.1) is 6.54 Å². The standard InChI is InChI=1S/C14H29N3O/c1-5-12-8-17(7-6-13(12)15)9-14(18)16-11(4)10(2)3/h10-13H,5-9,15H2,1-4H3,(H,16,18). The summed E-state index contributed by atoms with van der Waals surface area (Å²) in [6, 6.07) is 0.551. The van der Waals surface area contributed by atoms with E-state index < -0.39 is 0 Å². The fourth-order valence-corrected chi connectivity index (χ4v) is 2.37. The largest absolute Gasteiger partial charge is 0.352 e. The zero-order chi connectivity index (χ0) is 13.7. The molecule has 1 aliphatic heterocycles. The third kappa shape index (κ3) is 4.58. The Bertz CT molecular complexity index is 268. The number of nitrogens with zero attached hydrogens (tertiary/aromatic N) is 1. The molecule has 3 atom stereocenters. The van der Waals surface area contributed by atoms with Crippen molar-refractivity contribution in [1.82, 2.24) is 10.2 Å². The third-order valence-electron chi connectivity index (χ3n) is 4.16. The lowest BCUT2D eigenvalue weighted by Crippen LogP contribution is -2.50. The number of nitrogens with two attached hydrogens (primary N) is 1. The first-order valence-electron chi connectivity index (χ1n) is 7.21. The fourth-order valence-electron chi connectivity index (χ4n) is 2.37. The van der Waals surface area contributed by atoms with E-state index in [9.17, 15) is 4.79 Å². The van der Waals surface area contributed by atoms with Crippen LogP contribution < -0.4 is 11.1 Å². The van der Waals surface area contributed by atoms with Crippen molar-refractivity contribution in [3.05, 3.63) is 0 Å². The molecule has 0 aromatic carbocycles. The molecule has 1 rings (SSSR count). The fraction of sp³-hybridized carbons (Fsp3) is 0.929. The molecule has 0 saturated carbocycles. The van der Waals surface area contributed by atoms with Crippen molar-refractivity contribution in [2.45, 2.75) is 52.6 Å². The molecule has 4 nitrogen and oxygen atoms in total. The van der Waals surface area contributed by atoms with E-state index in [0.717, 1.165) is 25.9 Å². The van der Waals surface area contributed by atoms with E-state index in [0.29, 0.717) is 24.4 Å². The first kappa shape index (κ1) is 15.4. The normalized spacial score (nSPS) is 27.2. The molecule has 106 valence electrons. The van der Waals surface area contributed by atoms with Gasteiger partial charge in [0, 0.05) is 25.2 Å². The van der Waals surface area contributed by atoms with Gasteiger partial charge in [0.15, 0.2) is 0 Å². The van der Waals surface area contributed by atoms with Crippen LogP contribution in [0.15, 0.2) is 0 Å². The highest BCUT2D eigenvalue weighted by Gasteiger charge is 2.26. The van der Waals surface area contributed by atoms with Crippen molar-refractivity contribution in [3.63, 3.8) is 0 Å². The summed E-state index contributed by atoms with van der Waals surface area (Å²) in [5.74, 6) is 1.16. The predicted octanol–water partition coefficient (Wildman–Crippen LogP) is 1.21. The minimum absolute atomic E-state index is 0.140. The molecule has 0 aliphatic carbocycles. The molecule has 1 amide bonds. The highest BCUT2D eigenvalue weighted by atomic mass is 16.2. The molecule has 0 spiro atoms. The number of hydrogen-bond acceptors (Lipinski definition) is 3. The van der Waals surface area contributed by atoms with Gasteiger partial charge in [0.2, 0.25) is 5.91 Å². The summed E-state index contributed by atoms with van der Waals surface area (Å²) in [5.41, 5.74) is 6.08. The zero-order valence-corrected chi connectivity index (χ0v) is 12.3. The average molecular weight is 255 g/mol. The van der Waals surface area contributed by atoms with Crippen LogP contribution in [0.1, 0.15) is 40.5 Å². The molecule has 3 N–H and O–H groups in total. The number of rotatable bonds is 5. The summed E-state index contributed by atoms with van der Waals surface area (Å²) in [5, 5.41) is 3.06. The van der Waals surface area contributed by atoms with Gasteiger partial charge in [-0.1, -0.05) is 27.2 Å². The topological polar surface area (TPSA) is 58.4 Å². The molecular weight excluding hydrogens is 226 g/mol. The lowest BCUT2D eigenvalue weighted by atomic mass is 9.91. The van der Waals surface area contributed by atoms with Crippen molar-refractivity contribution >= 4 is 5.91 Å². The molecule has 0 aromatic heterocycles. The second-order valence-electron chi connectivity index (χ2n) is 5.96. The Morgan fingerprint density at radius 2 is 2.11 bits per heavy atom. The van der Waals surface area contributed by atoms with Crippen molar-refractivity contribution in [2.24, 2.45) is 17.6 Å². The molecule has 1 aliphatic rings. The van der Waals surface area contributed by atoms with Gasteiger partial charge in [-0.05, 0) is 25.2 Å². The van der Waals surface area contributed by atoms with Gasteiger partial charge in [-0.3, -0.25) is 9.69 Å². The van der Waals surface area contributed by atoms with Gasteiger partial charge in [-0.2, -0.15) is 0 Å². The van der Waals surface area contributed by atoms with Crippen LogP contribution in [-0.4, -0.2) is 42.5 Å². The Labute approximate surface area is 111 Å². The van der Waals surface area contributed by atoms with E-state index >= 15 is 0 Å². The molecule has 18 heavy (non-hydrogen) atoms. The predicted molar refractivity (Wildman–Crippen MR) is 75.3 cm³/mol. The minimum Gasteiger partial charge on any atom is -0.352 e. The van der Waals surface area contributed by atoms with Gasteiger partial charge in [0.25, 0.3) is 0 Å². The second-order valence-corrected chi connectivity index (χ2v) is 5.96. The summed E-state index contributed by atoms with van der Waals surface area (Å²) >= 11 is 0. The monoisotopic (exact) mass is 255 g/mol. The van der Waals surface area contributed by atoms with E-state index in [-0.39, 0.29) is 11.9 Å². The quantitative estimate of drug-likeness (QED) is 0.776. The van der Waals surface area contributed by atoms with Crippen molar-refractivity contribution in [2.75, 3.05) is 19.6 Å². The molecule has 0 bridgehead atoms. The summed E-state index contributed by atoms with van der Waals surface area (Å²) in [6.45, 7) is 10.9. The molecule has 1 fully saturated rings. The zero-order valence-electron chi connectivity index (χ0n) is 12.3. The second kappa shape index (κ2) is 7.10. The molecule has 0 aromatic rings. The highest BCUT2D eigenvalue weighted by Crippen LogP contribution is 2.18. The van der Waals surface area contributed by atoms with Crippen LogP contribution in [0.3, 0.4) is 0 Å². The maximum atomic E-state index is 11.9. The van der Waals surface area contributed by atoms with E-state index in [2.05, 4.69) is 37.9 Å². The number of nitrogens with one attached hydrogen (secondary N) is 1. The number of carbonyl (C=O) groups is 1. The lowest BCUT2D eigenvalue weighted by Gasteiger charge is -2.36. The summed E-state index contributed by atoms with van der Waals surface area (Å²) in [6.07, 6.45) is 2.10. The molecular formula is C14H29N3O. The van der Waals surface area contributed by atoms with Gasteiger partial charge in [0.1, 0.15) is 0 Å². The van der Waals surface area contributed by atoms with E-state index in [1.807, 2.05) is 0 Å². The van der Waals surface area contributed by atoms with Gasteiger partial charge in [-0.15, -0.1) is 0 Å². The maximum Gasteiger partial charge on any atom is 0.234 e. The molecule has 4 heteroatoms. The number of piperidine rings is 1. The summed E-state index contributed by atoms with van der Waals surface area (Å²) < 4.78 is 0. The Morgan fingerprint density at radius 3 is 2.67 bits per heavy atom. The van der Waals surface area contributed by atoms with E-state index in [4.69, 9.17) is 5.73 Å². The Balaban J connectivity index is 2.36. The van der Waals surface area contributed by atoms with Crippen LogP contribution in [0.2, 0.25) is 0 Å². The van der Waals surface area contributed by atoms with Gasteiger partial charge < -0.3 is 11.1 Å². The number of carbonyl (C=O) groups excluding carboxylic acids is 1. The molecule has 0 radical (unpaired) electrons. The van der Waals surface area contributed by atoms with Crippen LogP contribution in [-0.2, 0) is 4.79 Å². The van der Waals surface area contributed by atoms with Gasteiger partial charge in [-0.25, -0.2) is 0 Å². The smallest absolute Gasteiger partial charge is 0.234 e. The minimum atomic E-state index is 0.140. The summed E-state index contributed by atoms with van der Waals surface area (Å²) in [7, 11) is 0. The first-order chi connectivity index (χ1) is 8.43. The first-order valence-corrected chi connectivity index (χ1v) is 7.21. The van der Waals surface area contributed by atoms with Gasteiger partial charge >= 0.3 is 0 Å². The van der Waals surface area contributed by atoms with Crippen LogP contribution >= 0.6 is 0 Å². The molecule has 1 heterocycles. The summed E-state index contributed by atoms with van der Waals surface area (Å²) in [4.78, 5) is 14.2. The van der Waals surface area contributed by atoms with E-state index in [1.54, 1.807) is 0 Å². The van der Waals surface area contributed by atoms with E-state index in [1.165, 1.54) is 0 Å². The number of hydrogen-bond donors (Lipinski definition) is 2. The Hall–Kier alpha value is -0.610. The van der Waals surface area contributed by atoms with Crippen LogP contribution in [0, 0.1) is 11.8 Å².